The molecule has 0 aliphatic rings. The molecule has 0 aliphatic heterocycles. The van der Waals surface area contributed by atoms with E-state index >= 15 is 0 Å². The van der Waals surface area contributed by atoms with Crippen LogP contribution < -0.4 is 10.6 Å². The van der Waals surface area contributed by atoms with E-state index in [1.54, 1.807) is 12.1 Å². The van der Waals surface area contributed by atoms with E-state index in [-0.39, 0.29) is 11.8 Å². The van der Waals surface area contributed by atoms with Crippen LogP contribution in [-0.2, 0) is 6.54 Å². The number of anilines is 1. The monoisotopic (exact) mass is 351 g/mol. The molecular weight excluding hydrogens is 329 g/mol. The summed E-state index contributed by atoms with van der Waals surface area (Å²) in [5.74, 6) is -0.258. The van der Waals surface area contributed by atoms with Crippen molar-refractivity contribution in [1.29, 1.82) is 0 Å². The van der Waals surface area contributed by atoms with Gasteiger partial charge in [0.2, 0.25) is 0 Å². The van der Waals surface area contributed by atoms with E-state index in [1.165, 1.54) is 12.1 Å². The summed E-state index contributed by atoms with van der Waals surface area (Å²) in [6.45, 7) is 6.40. The maximum atomic E-state index is 13.2. The van der Waals surface area contributed by atoms with Gasteiger partial charge in [0.25, 0.3) is 0 Å². The highest BCUT2D eigenvalue weighted by Gasteiger charge is 2.12. The maximum absolute atomic E-state index is 13.2. The third kappa shape index (κ3) is 3.94. The Balaban J connectivity index is 1.68. The number of urea groups is 1. The van der Waals surface area contributed by atoms with Crippen molar-refractivity contribution in [2.24, 2.45) is 0 Å². The lowest BCUT2D eigenvalue weighted by molar-refractivity contribution is 0.251. The molecule has 0 spiro atoms. The third-order valence-electron chi connectivity index (χ3n) is 4.37. The second kappa shape index (κ2) is 7.44. The molecule has 0 saturated heterocycles. The second-order valence-electron chi connectivity index (χ2n) is 6.38. The molecule has 5 heteroatoms. The number of carbonyl (C=O) groups is 1. The Morgan fingerprint density at radius 2 is 1.65 bits per heavy atom. The Hall–Kier alpha value is -3.08. The van der Waals surface area contributed by atoms with Crippen LogP contribution in [0.5, 0.6) is 0 Å². The average Bonchev–Trinajstić information content (AvgIpc) is 2.90. The summed E-state index contributed by atoms with van der Waals surface area (Å²) in [4.78, 5) is 12.1. The molecule has 0 bridgehead atoms. The van der Waals surface area contributed by atoms with Gasteiger partial charge in [0.05, 0.1) is 0 Å². The molecule has 26 heavy (non-hydrogen) atoms. The number of amides is 2. The minimum Gasteiger partial charge on any atom is -0.334 e. The van der Waals surface area contributed by atoms with Crippen LogP contribution in [0.2, 0.25) is 0 Å². The van der Waals surface area contributed by atoms with Crippen molar-refractivity contribution < 1.29 is 9.18 Å². The molecular formula is C21H22FN3O. The summed E-state index contributed by atoms with van der Waals surface area (Å²) >= 11 is 0. The highest BCUT2D eigenvalue weighted by molar-refractivity contribution is 5.89. The molecule has 0 fully saturated rings. The number of benzene rings is 2. The van der Waals surface area contributed by atoms with Gasteiger partial charge in [-0.3, -0.25) is 0 Å². The van der Waals surface area contributed by atoms with E-state index < -0.39 is 0 Å². The van der Waals surface area contributed by atoms with Crippen LogP contribution in [0, 0.1) is 26.6 Å². The zero-order valence-corrected chi connectivity index (χ0v) is 15.1. The molecule has 0 unspecified atom stereocenters. The van der Waals surface area contributed by atoms with Crippen molar-refractivity contribution >= 4 is 11.7 Å². The molecule has 2 amide bonds. The van der Waals surface area contributed by atoms with Gasteiger partial charge in [0.1, 0.15) is 5.82 Å². The van der Waals surface area contributed by atoms with Crippen molar-refractivity contribution in [3.8, 4) is 5.69 Å². The molecule has 3 aromatic rings. The number of hydrogen-bond donors (Lipinski definition) is 2. The summed E-state index contributed by atoms with van der Waals surface area (Å²) in [6, 6.07) is 15.8. The summed E-state index contributed by atoms with van der Waals surface area (Å²) in [6.07, 6.45) is 0. The molecule has 2 aromatic carbocycles. The first-order chi connectivity index (χ1) is 12.4. The minimum atomic E-state index is -0.258. The molecule has 2 N–H and O–H groups in total. The lowest BCUT2D eigenvalue weighted by atomic mass is 10.2. The topological polar surface area (TPSA) is 46.1 Å². The van der Waals surface area contributed by atoms with Gasteiger partial charge in [-0.2, -0.15) is 0 Å². The number of halogens is 1. The fourth-order valence-electron chi connectivity index (χ4n) is 2.98. The van der Waals surface area contributed by atoms with Crippen LogP contribution in [0.3, 0.4) is 0 Å². The Bertz CT molecular complexity index is 912. The Morgan fingerprint density at radius 3 is 2.31 bits per heavy atom. The van der Waals surface area contributed by atoms with Crippen LogP contribution in [0.1, 0.15) is 22.5 Å². The summed E-state index contributed by atoms with van der Waals surface area (Å²) in [7, 11) is 0. The largest absolute Gasteiger partial charge is 0.334 e. The molecule has 134 valence electrons. The predicted octanol–water partition coefficient (Wildman–Crippen LogP) is 4.86. The first-order valence-corrected chi connectivity index (χ1v) is 8.49. The third-order valence-corrected chi connectivity index (χ3v) is 4.37. The van der Waals surface area contributed by atoms with E-state index in [0.717, 1.165) is 33.9 Å². The highest BCUT2D eigenvalue weighted by atomic mass is 19.1. The summed E-state index contributed by atoms with van der Waals surface area (Å²) < 4.78 is 15.2. The molecule has 1 heterocycles. The van der Waals surface area contributed by atoms with Gasteiger partial charge >= 0.3 is 6.03 Å². The van der Waals surface area contributed by atoms with Crippen molar-refractivity contribution in [1.82, 2.24) is 9.88 Å². The predicted molar refractivity (Wildman–Crippen MR) is 102 cm³/mol. The molecule has 1 aromatic heterocycles. The highest BCUT2D eigenvalue weighted by Crippen LogP contribution is 2.21. The van der Waals surface area contributed by atoms with Gasteiger partial charge in [-0.25, -0.2) is 9.18 Å². The van der Waals surface area contributed by atoms with E-state index in [9.17, 15) is 9.18 Å². The maximum Gasteiger partial charge on any atom is 0.319 e. The van der Waals surface area contributed by atoms with Crippen LogP contribution in [0.4, 0.5) is 14.9 Å². The van der Waals surface area contributed by atoms with Gasteiger partial charge in [0, 0.05) is 29.3 Å². The number of carbonyl (C=O) groups excluding carboxylic acids is 1. The average molecular weight is 351 g/mol. The molecule has 0 atom stereocenters. The van der Waals surface area contributed by atoms with Gasteiger partial charge in [0.15, 0.2) is 0 Å². The van der Waals surface area contributed by atoms with Crippen molar-refractivity contribution in [2.75, 3.05) is 5.32 Å². The molecule has 4 nitrogen and oxygen atoms in total. The number of nitrogens with zero attached hydrogens (tertiary/aromatic N) is 1. The quantitative estimate of drug-likeness (QED) is 0.692. The molecule has 0 aliphatic carbocycles. The minimum absolute atomic E-state index is 0.250. The number of nitrogens with one attached hydrogen (secondary N) is 2. The van der Waals surface area contributed by atoms with Crippen LogP contribution in [0.15, 0.2) is 54.6 Å². The first-order valence-electron chi connectivity index (χ1n) is 8.49. The van der Waals surface area contributed by atoms with E-state index in [1.807, 2.05) is 55.7 Å². The van der Waals surface area contributed by atoms with Crippen LogP contribution in [0.25, 0.3) is 5.69 Å². The summed E-state index contributed by atoms with van der Waals surface area (Å²) in [5, 5.41) is 5.70. The zero-order valence-electron chi connectivity index (χ0n) is 15.1. The van der Waals surface area contributed by atoms with E-state index in [2.05, 4.69) is 10.6 Å². The van der Waals surface area contributed by atoms with Gasteiger partial charge in [-0.1, -0.05) is 17.7 Å². The summed E-state index contributed by atoms with van der Waals surface area (Å²) in [5.41, 5.74) is 5.87. The smallest absolute Gasteiger partial charge is 0.319 e. The number of rotatable bonds is 4. The first kappa shape index (κ1) is 17.7. The second-order valence-corrected chi connectivity index (χ2v) is 6.38. The van der Waals surface area contributed by atoms with Crippen LogP contribution in [-0.4, -0.2) is 10.6 Å². The van der Waals surface area contributed by atoms with Gasteiger partial charge < -0.3 is 15.2 Å². The van der Waals surface area contributed by atoms with Crippen molar-refractivity contribution in [2.45, 2.75) is 27.3 Å². The molecule has 0 saturated carbocycles. The van der Waals surface area contributed by atoms with E-state index in [4.69, 9.17) is 0 Å². The van der Waals surface area contributed by atoms with Gasteiger partial charge in [-0.15, -0.1) is 0 Å². The Labute approximate surface area is 152 Å². The fraction of sp³-hybridized carbons (Fsp3) is 0.190. The van der Waals surface area contributed by atoms with Gasteiger partial charge in [-0.05, 0) is 68.8 Å². The van der Waals surface area contributed by atoms with Crippen molar-refractivity contribution in [3.63, 3.8) is 0 Å². The zero-order chi connectivity index (χ0) is 18.7. The SMILES string of the molecule is Cc1ccc(NC(=O)NCc2cc(C)n(-c3ccc(F)cc3)c2C)cc1. The number of aryl methyl sites for hydroxylation is 2. The number of hydrogen-bond acceptors (Lipinski definition) is 1. The molecule has 0 radical (unpaired) electrons. The van der Waals surface area contributed by atoms with Crippen molar-refractivity contribution in [3.05, 3.63) is 82.9 Å². The number of aromatic nitrogens is 1. The van der Waals surface area contributed by atoms with E-state index in [0.29, 0.717) is 6.54 Å². The standard InChI is InChI=1S/C21H22FN3O/c1-14-4-8-19(9-5-14)24-21(26)23-13-17-12-15(2)25(16(17)3)20-10-6-18(22)7-11-20/h4-12H,13H2,1-3H3,(H2,23,24,26). The Kier molecular flexibility index (Phi) is 5.07. The normalized spacial score (nSPS) is 10.6. The lowest BCUT2D eigenvalue weighted by Gasteiger charge is -2.11. The Morgan fingerprint density at radius 1 is 1.00 bits per heavy atom. The fourth-order valence-corrected chi connectivity index (χ4v) is 2.98. The van der Waals surface area contributed by atoms with Crippen LogP contribution >= 0.6 is 0 Å². The lowest BCUT2D eigenvalue weighted by Crippen LogP contribution is -2.28. The molecule has 3 rings (SSSR count).